The zero-order valence-electron chi connectivity index (χ0n) is 12.3. The summed E-state index contributed by atoms with van der Waals surface area (Å²) in [5.41, 5.74) is 8.02. The summed E-state index contributed by atoms with van der Waals surface area (Å²) in [5, 5.41) is 2.16. The van der Waals surface area contributed by atoms with Crippen LogP contribution in [0.1, 0.15) is 22.9 Å². The van der Waals surface area contributed by atoms with E-state index in [0.717, 1.165) is 25.1 Å². The van der Waals surface area contributed by atoms with Crippen molar-refractivity contribution in [2.45, 2.75) is 31.8 Å². The first kappa shape index (κ1) is 14.7. The Morgan fingerprint density at radius 1 is 1.33 bits per heavy atom. The van der Waals surface area contributed by atoms with Crippen molar-refractivity contribution in [1.29, 1.82) is 0 Å². The number of hydrogen-bond acceptors (Lipinski definition) is 3. The van der Waals surface area contributed by atoms with Crippen LogP contribution >= 0.6 is 11.3 Å². The topological polar surface area (TPSA) is 29.3 Å². The smallest absolute Gasteiger partial charge is 0.126 e. The van der Waals surface area contributed by atoms with Gasteiger partial charge in [0.2, 0.25) is 0 Å². The molecule has 1 aromatic carbocycles. The van der Waals surface area contributed by atoms with E-state index in [1.165, 1.54) is 16.5 Å². The molecule has 1 aliphatic heterocycles. The van der Waals surface area contributed by atoms with E-state index in [0.29, 0.717) is 13.0 Å². The molecule has 2 nitrogen and oxygen atoms in total. The van der Waals surface area contributed by atoms with E-state index in [-0.39, 0.29) is 11.4 Å². The molecule has 112 valence electrons. The Kier molecular flexibility index (Phi) is 4.11. The maximum absolute atomic E-state index is 14.0. The van der Waals surface area contributed by atoms with Gasteiger partial charge in [0.1, 0.15) is 5.82 Å². The molecule has 0 bridgehead atoms. The van der Waals surface area contributed by atoms with Crippen LogP contribution < -0.4 is 5.73 Å². The molecule has 0 saturated carbocycles. The fourth-order valence-corrected chi connectivity index (χ4v) is 3.96. The second-order valence-corrected chi connectivity index (χ2v) is 7.01. The van der Waals surface area contributed by atoms with Gasteiger partial charge < -0.3 is 5.73 Å². The zero-order chi connectivity index (χ0) is 14.9. The zero-order valence-corrected chi connectivity index (χ0v) is 13.1. The van der Waals surface area contributed by atoms with Gasteiger partial charge in [-0.05, 0) is 48.4 Å². The number of halogens is 1. The average molecular weight is 304 g/mol. The maximum Gasteiger partial charge on any atom is 0.126 e. The van der Waals surface area contributed by atoms with Crippen LogP contribution in [-0.2, 0) is 19.4 Å². The van der Waals surface area contributed by atoms with Gasteiger partial charge in [-0.15, -0.1) is 11.3 Å². The molecule has 4 heteroatoms. The summed E-state index contributed by atoms with van der Waals surface area (Å²) < 4.78 is 14.0. The Balaban J connectivity index is 1.82. The molecular formula is C17H21FN2S. The average Bonchev–Trinajstić information content (AvgIpc) is 2.97. The van der Waals surface area contributed by atoms with Crippen molar-refractivity contribution in [3.8, 4) is 0 Å². The second-order valence-electron chi connectivity index (χ2n) is 6.01. The number of rotatable bonds is 4. The summed E-state index contributed by atoms with van der Waals surface area (Å²) >= 11 is 1.83. The van der Waals surface area contributed by atoms with E-state index in [9.17, 15) is 4.39 Å². The van der Waals surface area contributed by atoms with Crippen LogP contribution in [-0.4, -0.2) is 23.5 Å². The summed E-state index contributed by atoms with van der Waals surface area (Å²) in [6, 6.07) is 9.22. The van der Waals surface area contributed by atoms with Gasteiger partial charge in [0.05, 0.1) is 0 Å². The normalized spacial score (nSPS) is 18.2. The fraction of sp³-hybridized carbons (Fsp3) is 0.412. The summed E-state index contributed by atoms with van der Waals surface area (Å²) in [6.07, 6.45) is 1.72. The lowest BCUT2D eigenvalue weighted by Gasteiger charge is -2.43. The van der Waals surface area contributed by atoms with E-state index in [1.807, 2.05) is 23.5 Å². The Labute approximate surface area is 129 Å². The van der Waals surface area contributed by atoms with Gasteiger partial charge in [-0.3, -0.25) is 4.90 Å². The second kappa shape index (κ2) is 5.87. The molecule has 2 N–H and O–H groups in total. The summed E-state index contributed by atoms with van der Waals surface area (Å²) in [7, 11) is 0. The van der Waals surface area contributed by atoms with Crippen LogP contribution in [0.2, 0.25) is 0 Å². The van der Waals surface area contributed by atoms with Crippen LogP contribution in [0.3, 0.4) is 0 Å². The quantitative estimate of drug-likeness (QED) is 0.940. The van der Waals surface area contributed by atoms with E-state index < -0.39 is 0 Å². The molecule has 3 rings (SSSR count). The van der Waals surface area contributed by atoms with Crippen molar-refractivity contribution in [2.24, 2.45) is 5.73 Å². The standard InChI is InChI=1S/C17H21FN2S/c1-17(12-19,10-13-4-2-3-5-15(13)18)20-8-6-16-14(11-20)7-9-21-16/h2-5,7,9H,6,8,10-12,19H2,1H3. The third kappa shape index (κ3) is 2.89. The molecule has 21 heavy (non-hydrogen) atoms. The van der Waals surface area contributed by atoms with Crippen molar-refractivity contribution in [2.75, 3.05) is 13.1 Å². The van der Waals surface area contributed by atoms with E-state index in [4.69, 9.17) is 5.73 Å². The minimum Gasteiger partial charge on any atom is -0.329 e. The Bertz CT molecular complexity index is 625. The first-order valence-corrected chi connectivity index (χ1v) is 8.24. The molecule has 2 heterocycles. The minimum absolute atomic E-state index is 0.134. The van der Waals surface area contributed by atoms with Crippen LogP contribution in [0.25, 0.3) is 0 Å². The maximum atomic E-state index is 14.0. The predicted octanol–water partition coefficient (Wildman–Crippen LogP) is 3.21. The molecule has 0 radical (unpaired) electrons. The van der Waals surface area contributed by atoms with Gasteiger partial charge >= 0.3 is 0 Å². The third-order valence-corrected chi connectivity index (χ3v) is 5.56. The van der Waals surface area contributed by atoms with Gasteiger partial charge in [0.25, 0.3) is 0 Å². The molecule has 0 aliphatic carbocycles. The number of thiophene rings is 1. The first-order chi connectivity index (χ1) is 10.1. The fourth-order valence-electron chi connectivity index (χ4n) is 3.07. The number of hydrogen-bond donors (Lipinski definition) is 1. The van der Waals surface area contributed by atoms with Crippen LogP contribution in [0.15, 0.2) is 35.7 Å². The lowest BCUT2D eigenvalue weighted by Crippen LogP contribution is -2.54. The minimum atomic E-state index is -0.207. The van der Waals surface area contributed by atoms with Crippen molar-refractivity contribution >= 4 is 11.3 Å². The summed E-state index contributed by atoms with van der Waals surface area (Å²) in [5.74, 6) is -0.134. The molecule has 0 spiro atoms. The lowest BCUT2D eigenvalue weighted by atomic mass is 9.88. The molecule has 1 unspecified atom stereocenters. The Hall–Kier alpha value is -1.23. The van der Waals surface area contributed by atoms with Crippen molar-refractivity contribution in [3.63, 3.8) is 0 Å². The number of benzene rings is 1. The van der Waals surface area contributed by atoms with Gasteiger partial charge in [0, 0.05) is 30.1 Å². The van der Waals surface area contributed by atoms with Crippen LogP contribution in [0.5, 0.6) is 0 Å². The highest BCUT2D eigenvalue weighted by Crippen LogP contribution is 2.30. The first-order valence-electron chi connectivity index (χ1n) is 7.36. The lowest BCUT2D eigenvalue weighted by molar-refractivity contribution is 0.0948. The highest BCUT2D eigenvalue weighted by Gasteiger charge is 2.34. The highest BCUT2D eigenvalue weighted by molar-refractivity contribution is 7.10. The molecule has 0 amide bonds. The summed E-state index contributed by atoms with van der Waals surface area (Å²) in [4.78, 5) is 3.89. The van der Waals surface area contributed by atoms with Gasteiger partial charge in [-0.25, -0.2) is 4.39 Å². The molecule has 1 aliphatic rings. The molecule has 0 fully saturated rings. The SMILES string of the molecule is CC(CN)(Cc1ccccc1F)N1CCc2sccc2C1. The van der Waals surface area contributed by atoms with Crippen molar-refractivity contribution in [3.05, 3.63) is 57.5 Å². The Morgan fingerprint density at radius 2 is 2.14 bits per heavy atom. The third-order valence-electron chi connectivity index (χ3n) is 4.54. The van der Waals surface area contributed by atoms with E-state index >= 15 is 0 Å². The van der Waals surface area contributed by atoms with E-state index in [2.05, 4.69) is 23.3 Å². The number of fused-ring (bicyclic) bond motifs is 1. The largest absolute Gasteiger partial charge is 0.329 e. The number of nitrogens with zero attached hydrogens (tertiary/aromatic N) is 1. The molecular weight excluding hydrogens is 283 g/mol. The summed E-state index contributed by atoms with van der Waals surface area (Å²) in [6.45, 7) is 4.59. The molecule has 0 saturated heterocycles. The highest BCUT2D eigenvalue weighted by atomic mass is 32.1. The molecule has 1 aromatic heterocycles. The van der Waals surface area contributed by atoms with Gasteiger partial charge in [-0.1, -0.05) is 18.2 Å². The van der Waals surface area contributed by atoms with Crippen LogP contribution in [0, 0.1) is 5.82 Å². The molecule has 1 atom stereocenters. The predicted molar refractivity (Wildman–Crippen MR) is 86.0 cm³/mol. The van der Waals surface area contributed by atoms with Crippen molar-refractivity contribution in [1.82, 2.24) is 4.90 Å². The van der Waals surface area contributed by atoms with Gasteiger partial charge in [0.15, 0.2) is 0 Å². The molecule has 2 aromatic rings. The van der Waals surface area contributed by atoms with Gasteiger partial charge in [-0.2, -0.15) is 0 Å². The Morgan fingerprint density at radius 3 is 2.90 bits per heavy atom. The van der Waals surface area contributed by atoms with E-state index in [1.54, 1.807) is 6.07 Å². The number of nitrogens with two attached hydrogens (primary N) is 1. The van der Waals surface area contributed by atoms with Crippen molar-refractivity contribution < 1.29 is 4.39 Å². The monoisotopic (exact) mass is 304 g/mol. The van der Waals surface area contributed by atoms with Crippen LogP contribution in [0.4, 0.5) is 4.39 Å².